The fourth-order valence-corrected chi connectivity index (χ4v) is 7.11. The van der Waals surface area contributed by atoms with Gasteiger partial charge in [-0.05, 0) is 43.8 Å². The summed E-state index contributed by atoms with van der Waals surface area (Å²) in [5, 5.41) is 46.0. The second-order valence-electron chi connectivity index (χ2n) is 11.6. The molecular weight excluding hydrogens is 596 g/mol. The molecule has 0 aromatic heterocycles. The minimum atomic E-state index is -3.24. The van der Waals surface area contributed by atoms with Crippen LogP contribution in [-0.4, -0.2) is 92.1 Å². The molecule has 3 aliphatic carbocycles. The Morgan fingerprint density at radius 1 is 1.09 bits per heavy atom. The summed E-state index contributed by atoms with van der Waals surface area (Å²) in [5.74, 6) is -15.6. The molecule has 236 valence electrons. The number of ether oxygens (including phenoxy) is 1. The lowest BCUT2D eigenvalue weighted by Gasteiger charge is -2.56. The van der Waals surface area contributed by atoms with E-state index in [2.05, 4.69) is 5.32 Å². The second kappa shape index (κ2) is 10.7. The van der Waals surface area contributed by atoms with Crippen molar-refractivity contribution in [2.45, 2.75) is 30.6 Å². The summed E-state index contributed by atoms with van der Waals surface area (Å²) in [6, 6.07) is 5.35. The van der Waals surface area contributed by atoms with E-state index in [9.17, 15) is 54.2 Å². The van der Waals surface area contributed by atoms with Gasteiger partial charge in [0.2, 0.25) is 5.91 Å². The van der Waals surface area contributed by atoms with Crippen LogP contribution in [0, 0.1) is 33.8 Å². The number of phenolic OH excluding ortho intramolecular Hbond substituents is 2. The van der Waals surface area contributed by atoms with Gasteiger partial charge in [0, 0.05) is 5.92 Å². The van der Waals surface area contributed by atoms with Crippen LogP contribution >= 0.6 is 0 Å². The highest BCUT2D eigenvalue weighted by atomic mass is 16.6. The number of ketones is 4. The Bertz CT molecular complexity index is 1710. The molecule has 8 atom stereocenters. The van der Waals surface area contributed by atoms with Crippen molar-refractivity contribution in [3.8, 4) is 11.5 Å². The summed E-state index contributed by atoms with van der Waals surface area (Å²) >= 11 is 0. The molecule has 2 aromatic rings. The van der Waals surface area contributed by atoms with Gasteiger partial charge in [0.05, 0.1) is 34.4 Å². The van der Waals surface area contributed by atoms with Crippen LogP contribution in [0.4, 0.5) is 16.2 Å². The lowest BCUT2D eigenvalue weighted by atomic mass is 9.49. The maximum Gasteiger partial charge on any atom is 0.412 e. The number of nitro benzene ring substituents is 1. The summed E-state index contributed by atoms with van der Waals surface area (Å²) in [4.78, 5) is 93.0. The molecule has 45 heavy (non-hydrogen) atoms. The lowest BCUT2D eigenvalue weighted by Crippen LogP contribution is -2.78. The van der Waals surface area contributed by atoms with E-state index in [0.29, 0.717) is 0 Å². The van der Waals surface area contributed by atoms with Crippen LogP contribution in [0.3, 0.4) is 0 Å². The maximum atomic E-state index is 14.2. The topological polar surface area (TPSA) is 257 Å². The van der Waals surface area contributed by atoms with E-state index in [1.807, 2.05) is 0 Å². The monoisotopic (exact) mass is 624 g/mol. The van der Waals surface area contributed by atoms with Crippen LogP contribution in [0.15, 0.2) is 36.4 Å². The smallest absolute Gasteiger partial charge is 0.412 e. The summed E-state index contributed by atoms with van der Waals surface area (Å²) < 4.78 is 5.74. The average Bonchev–Trinajstić information content (AvgIpc) is 2.95. The molecule has 0 radical (unpaired) electrons. The third-order valence-electron chi connectivity index (χ3n) is 8.98. The Kier molecular flexibility index (Phi) is 7.45. The quantitative estimate of drug-likeness (QED) is 0.130. The number of nitro groups is 1. The molecule has 0 aliphatic heterocycles. The van der Waals surface area contributed by atoms with Crippen molar-refractivity contribution in [2.75, 3.05) is 19.4 Å². The van der Waals surface area contributed by atoms with E-state index in [-0.39, 0.29) is 11.1 Å². The fourth-order valence-electron chi connectivity index (χ4n) is 7.11. The average molecular weight is 625 g/mol. The zero-order valence-electron chi connectivity index (χ0n) is 24.0. The number of rotatable bonds is 5. The first-order valence-corrected chi connectivity index (χ1v) is 13.7. The Balaban J connectivity index is 1.71. The van der Waals surface area contributed by atoms with Crippen LogP contribution in [0.1, 0.15) is 28.8 Å². The first kappa shape index (κ1) is 31.2. The highest BCUT2D eigenvalue weighted by molar-refractivity contribution is 6.32. The van der Waals surface area contributed by atoms with Gasteiger partial charge in [0.15, 0.2) is 34.7 Å². The molecule has 3 aliphatic rings. The van der Waals surface area contributed by atoms with Gasteiger partial charge < -0.3 is 25.8 Å². The number of hydrogen-bond acceptors (Lipinski definition) is 13. The van der Waals surface area contributed by atoms with E-state index >= 15 is 0 Å². The first-order valence-electron chi connectivity index (χ1n) is 13.7. The number of fused-ring (bicyclic) bond motifs is 3. The number of phenols is 2. The van der Waals surface area contributed by atoms with Crippen molar-refractivity contribution < 1.29 is 53.7 Å². The third-order valence-corrected chi connectivity index (χ3v) is 8.98. The van der Waals surface area contributed by atoms with E-state index in [4.69, 9.17) is 10.5 Å². The molecule has 2 unspecified atom stereocenters. The standard InChI is InChI=1S/C29H28N4O12/c1-10-12-5-4-6-15(35)17(12)22(36)18-16(10)24(45-28(41)31-13-8-7-11(34)9-14(13)33(43)44)20-21(32(2)3)23(37)19(27(30)40)26(39)29(20,42)25(18)38/h4-10,16,18-21,24,34-35,42H,1-3H3,(H2,30,40)(H,31,41)/t10-,16+,18?,19?,20+,21-,24-,29-/m0/s1. The number of aliphatic hydroxyl groups is 1. The SMILES string of the molecule is C[C@H]1c2cccc(O)c2C(=O)C2C(=O)[C@]3(O)C(=O)C(C(N)=O)C(=O)[C@@H](N(C)C)[C@@H]3[C@@H](OC(=O)Nc3ccc(O)cc3[N+](=O)[O-])[C@@H]21. The van der Waals surface area contributed by atoms with E-state index in [0.717, 1.165) is 18.2 Å². The van der Waals surface area contributed by atoms with Crippen molar-refractivity contribution in [1.82, 2.24) is 4.90 Å². The number of anilines is 1. The number of aromatic hydroxyl groups is 2. The number of nitrogens with zero attached hydrogens (tertiary/aromatic N) is 2. The summed E-state index contributed by atoms with van der Waals surface area (Å²) in [5.41, 5.74) is 0.992. The number of nitrogens with two attached hydrogens (primary N) is 1. The van der Waals surface area contributed by atoms with Gasteiger partial charge in [-0.3, -0.25) is 44.3 Å². The predicted molar refractivity (Wildman–Crippen MR) is 150 cm³/mol. The van der Waals surface area contributed by atoms with Crippen LogP contribution in [0.25, 0.3) is 0 Å². The third kappa shape index (κ3) is 4.52. The molecule has 0 bridgehead atoms. The number of Topliss-reactive ketones (excluding diaryl/α,β-unsaturated/α-hetero) is 4. The van der Waals surface area contributed by atoms with Crippen LogP contribution < -0.4 is 11.1 Å². The van der Waals surface area contributed by atoms with Gasteiger partial charge in [-0.2, -0.15) is 0 Å². The maximum absolute atomic E-state index is 14.2. The molecule has 0 heterocycles. The van der Waals surface area contributed by atoms with Gasteiger partial charge >= 0.3 is 6.09 Å². The molecular formula is C29H28N4O12. The number of primary amides is 1. The van der Waals surface area contributed by atoms with Gasteiger partial charge in [-0.15, -0.1) is 0 Å². The number of amides is 2. The molecule has 5 rings (SSSR count). The Morgan fingerprint density at radius 3 is 2.36 bits per heavy atom. The normalized spacial score (nSPS) is 30.6. The summed E-state index contributed by atoms with van der Waals surface area (Å²) in [6.45, 7) is 1.56. The molecule has 6 N–H and O–H groups in total. The number of carbonyl (C=O) groups is 6. The molecule has 2 fully saturated rings. The fraction of sp³-hybridized carbons (Fsp3) is 0.379. The van der Waals surface area contributed by atoms with Crippen molar-refractivity contribution >= 4 is 46.5 Å². The van der Waals surface area contributed by atoms with Crippen LogP contribution in [-0.2, 0) is 23.9 Å². The number of nitrogens with one attached hydrogen (secondary N) is 1. The molecule has 0 spiro atoms. The number of likely N-dealkylation sites (N-methyl/N-ethyl adjacent to an activating group) is 1. The Morgan fingerprint density at radius 2 is 1.76 bits per heavy atom. The Hall–Kier alpha value is -5.22. The first-order chi connectivity index (χ1) is 21.0. The molecule has 2 aromatic carbocycles. The van der Waals surface area contributed by atoms with E-state index < -0.39 is 110 Å². The molecule has 2 amide bonds. The van der Waals surface area contributed by atoms with Crippen molar-refractivity contribution in [3.63, 3.8) is 0 Å². The van der Waals surface area contributed by atoms with E-state index in [1.165, 1.54) is 37.2 Å². The minimum absolute atomic E-state index is 0.250. The Labute approximate surface area is 253 Å². The predicted octanol–water partition coefficient (Wildman–Crippen LogP) is 0.269. The zero-order valence-corrected chi connectivity index (χ0v) is 24.0. The number of hydrogen-bond donors (Lipinski definition) is 5. The van der Waals surface area contributed by atoms with Crippen LogP contribution in [0.5, 0.6) is 11.5 Å². The molecule has 2 saturated carbocycles. The van der Waals surface area contributed by atoms with Crippen LogP contribution in [0.2, 0.25) is 0 Å². The molecule has 16 heteroatoms. The summed E-state index contributed by atoms with van der Waals surface area (Å²) in [6.07, 6.45) is -3.17. The van der Waals surface area contributed by atoms with Gasteiger partial charge in [0.25, 0.3) is 5.69 Å². The van der Waals surface area contributed by atoms with Gasteiger partial charge in [0.1, 0.15) is 23.3 Å². The highest BCUT2D eigenvalue weighted by Gasteiger charge is 2.74. The van der Waals surface area contributed by atoms with Gasteiger partial charge in [-0.1, -0.05) is 19.1 Å². The summed E-state index contributed by atoms with van der Waals surface area (Å²) in [7, 11) is 2.71. The number of carbonyl (C=O) groups excluding carboxylic acids is 6. The molecule has 16 nitrogen and oxygen atoms in total. The van der Waals surface area contributed by atoms with Gasteiger partial charge in [-0.25, -0.2) is 4.79 Å². The van der Waals surface area contributed by atoms with Crippen molar-refractivity contribution in [2.24, 2.45) is 29.4 Å². The van der Waals surface area contributed by atoms with Crippen molar-refractivity contribution in [1.29, 1.82) is 0 Å². The van der Waals surface area contributed by atoms with Crippen molar-refractivity contribution in [3.05, 3.63) is 57.6 Å². The lowest BCUT2D eigenvalue weighted by molar-refractivity contribution is -0.384. The molecule has 0 saturated heterocycles. The van der Waals surface area contributed by atoms with E-state index in [1.54, 1.807) is 6.92 Å². The second-order valence-corrected chi connectivity index (χ2v) is 11.6. The zero-order chi connectivity index (χ0) is 33.3. The highest BCUT2D eigenvalue weighted by Crippen LogP contribution is 2.55. The largest absolute Gasteiger partial charge is 0.508 e. The minimum Gasteiger partial charge on any atom is -0.508 e. The number of benzene rings is 2.